The first-order valence-electron chi connectivity index (χ1n) is 8.01. The van der Waals surface area contributed by atoms with Gasteiger partial charge in [-0.05, 0) is 30.9 Å². The van der Waals surface area contributed by atoms with Crippen LogP contribution in [0.1, 0.15) is 31.4 Å². The van der Waals surface area contributed by atoms with Crippen LogP contribution in [0.5, 0.6) is 0 Å². The summed E-state index contributed by atoms with van der Waals surface area (Å²) < 4.78 is 25.2. The molecular weight excluding hydrogens is 312 g/mol. The fraction of sp³-hybridized carbons (Fsp3) is 0.562. The average Bonchev–Trinajstić information content (AvgIpc) is 2.57. The molecule has 0 fully saturated rings. The van der Waals surface area contributed by atoms with Gasteiger partial charge in [-0.3, -0.25) is 4.99 Å². The zero-order chi connectivity index (χ0) is 17.1. The summed E-state index contributed by atoms with van der Waals surface area (Å²) in [5.74, 6) is 0.828. The molecule has 0 saturated heterocycles. The van der Waals surface area contributed by atoms with Gasteiger partial charge in [0.05, 0.1) is 5.75 Å². The predicted octanol–water partition coefficient (Wildman–Crippen LogP) is 1.24. The van der Waals surface area contributed by atoms with E-state index in [1.165, 1.54) is 11.1 Å². The maximum Gasteiger partial charge on any atom is 0.211 e. The molecule has 0 spiro atoms. The average molecular weight is 340 g/mol. The Morgan fingerprint density at radius 1 is 1.09 bits per heavy atom. The molecule has 0 atom stereocenters. The van der Waals surface area contributed by atoms with Gasteiger partial charge >= 0.3 is 0 Å². The minimum Gasteiger partial charge on any atom is -0.356 e. The van der Waals surface area contributed by atoms with E-state index < -0.39 is 10.0 Å². The Hall–Kier alpha value is -1.60. The molecule has 0 amide bonds. The molecule has 0 radical (unpaired) electrons. The molecule has 1 aromatic carbocycles. The molecule has 0 unspecified atom stereocenters. The minimum absolute atomic E-state index is 0.112. The summed E-state index contributed by atoms with van der Waals surface area (Å²) in [6, 6.07) is 8.32. The lowest BCUT2D eigenvalue weighted by Crippen LogP contribution is -2.38. The van der Waals surface area contributed by atoms with Crippen LogP contribution in [0.4, 0.5) is 0 Å². The van der Waals surface area contributed by atoms with Gasteiger partial charge in [-0.2, -0.15) is 0 Å². The number of hydrogen-bond donors (Lipinski definition) is 3. The summed E-state index contributed by atoms with van der Waals surface area (Å²) >= 11 is 0. The highest BCUT2D eigenvalue weighted by atomic mass is 32.2. The van der Waals surface area contributed by atoms with Crippen LogP contribution in [0.3, 0.4) is 0 Å². The third kappa shape index (κ3) is 7.47. The highest BCUT2D eigenvalue weighted by Gasteiger charge is 2.05. The Morgan fingerprint density at radius 3 is 2.39 bits per heavy atom. The number of rotatable bonds is 9. The summed E-state index contributed by atoms with van der Waals surface area (Å²) in [5, 5.41) is 6.46. The van der Waals surface area contributed by atoms with Crippen LogP contribution in [-0.4, -0.2) is 40.3 Å². The van der Waals surface area contributed by atoms with Crippen molar-refractivity contribution in [3.63, 3.8) is 0 Å². The van der Waals surface area contributed by atoms with Gasteiger partial charge in [0.25, 0.3) is 0 Å². The van der Waals surface area contributed by atoms with Crippen molar-refractivity contribution in [2.45, 2.75) is 33.2 Å². The number of guanidine groups is 1. The number of sulfonamides is 1. The molecule has 1 rings (SSSR count). The molecule has 0 bridgehead atoms. The molecule has 23 heavy (non-hydrogen) atoms. The summed E-state index contributed by atoms with van der Waals surface area (Å²) in [6.07, 6.45) is 1.70. The fourth-order valence-electron chi connectivity index (χ4n) is 2.10. The van der Waals surface area contributed by atoms with E-state index in [1.54, 1.807) is 14.0 Å². The minimum atomic E-state index is -3.10. The Balaban J connectivity index is 2.33. The quantitative estimate of drug-likeness (QED) is 0.359. The van der Waals surface area contributed by atoms with Crippen LogP contribution in [0.2, 0.25) is 0 Å². The summed E-state index contributed by atoms with van der Waals surface area (Å²) in [5.41, 5.74) is 2.58. The fourth-order valence-corrected chi connectivity index (χ4v) is 2.76. The molecule has 6 nitrogen and oxygen atoms in total. The van der Waals surface area contributed by atoms with Crippen molar-refractivity contribution in [1.29, 1.82) is 0 Å². The van der Waals surface area contributed by atoms with Gasteiger partial charge in [0.15, 0.2) is 5.96 Å². The molecular formula is C16H28N4O2S. The highest BCUT2D eigenvalue weighted by molar-refractivity contribution is 7.89. The topological polar surface area (TPSA) is 82.6 Å². The Labute approximate surface area is 139 Å². The zero-order valence-corrected chi connectivity index (χ0v) is 15.0. The van der Waals surface area contributed by atoms with Crippen molar-refractivity contribution in [2.24, 2.45) is 4.99 Å². The van der Waals surface area contributed by atoms with Gasteiger partial charge in [0, 0.05) is 26.7 Å². The standard InChI is InChI=1S/C16H28N4O2S/c1-4-14-9-6-7-10-15(14)13-19-16(17-3)18-11-8-12-20-23(21,22)5-2/h6-7,9-10,20H,4-5,8,11-13H2,1-3H3,(H2,17,18,19). The molecule has 0 aliphatic rings. The smallest absolute Gasteiger partial charge is 0.211 e. The maximum atomic E-state index is 11.3. The third-order valence-corrected chi connectivity index (χ3v) is 4.92. The Kier molecular flexibility index (Phi) is 8.65. The first kappa shape index (κ1) is 19.4. The van der Waals surface area contributed by atoms with Crippen molar-refractivity contribution >= 4 is 16.0 Å². The van der Waals surface area contributed by atoms with E-state index in [-0.39, 0.29) is 5.75 Å². The molecule has 0 saturated carbocycles. The van der Waals surface area contributed by atoms with E-state index in [2.05, 4.69) is 39.4 Å². The van der Waals surface area contributed by atoms with Crippen LogP contribution >= 0.6 is 0 Å². The molecule has 1 aromatic rings. The van der Waals surface area contributed by atoms with Gasteiger partial charge in [-0.15, -0.1) is 0 Å². The first-order chi connectivity index (χ1) is 11.0. The van der Waals surface area contributed by atoms with Crippen LogP contribution < -0.4 is 15.4 Å². The van der Waals surface area contributed by atoms with E-state index in [4.69, 9.17) is 0 Å². The number of aliphatic imine (C=N–C) groups is 1. The second-order valence-electron chi connectivity index (χ2n) is 5.13. The van der Waals surface area contributed by atoms with Crippen LogP contribution in [-0.2, 0) is 23.0 Å². The van der Waals surface area contributed by atoms with Gasteiger partial charge in [-0.25, -0.2) is 13.1 Å². The number of benzene rings is 1. The van der Waals surface area contributed by atoms with Crippen LogP contribution in [0, 0.1) is 0 Å². The molecule has 7 heteroatoms. The van der Waals surface area contributed by atoms with E-state index in [9.17, 15) is 8.42 Å². The SMILES string of the molecule is CCc1ccccc1CNC(=NC)NCCCNS(=O)(=O)CC. The van der Waals surface area contributed by atoms with E-state index in [0.717, 1.165) is 6.42 Å². The van der Waals surface area contributed by atoms with E-state index >= 15 is 0 Å². The molecule has 0 heterocycles. The van der Waals surface area contributed by atoms with E-state index in [1.807, 2.05) is 12.1 Å². The summed E-state index contributed by atoms with van der Waals surface area (Å²) in [4.78, 5) is 4.18. The molecule has 3 N–H and O–H groups in total. The Bertz CT molecular complexity index is 600. The molecule has 0 aliphatic heterocycles. The predicted molar refractivity (Wildman–Crippen MR) is 96.1 cm³/mol. The number of hydrogen-bond acceptors (Lipinski definition) is 3. The third-order valence-electron chi connectivity index (χ3n) is 3.52. The van der Waals surface area contributed by atoms with Crippen molar-refractivity contribution in [3.8, 4) is 0 Å². The molecule has 130 valence electrons. The highest BCUT2D eigenvalue weighted by Crippen LogP contribution is 2.08. The normalized spacial score (nSPS) is 12.2. The van der Waals surface area contributed by atoms with Gasteiger partial charge in [-0.1, -0.05) is 31.2 Å². The monoisotopic (exact) mass is 340 g/mol. The van der Waals surface area contributed by atoms with Crippen LogP contribution in [0.15, 0.2) is 29.3 Å². The first-order valence-corrected chi connectivity index (χ1v) is 9.66. The summed E-state index contributed by atoms with van der Waals surface area (Å²) in [7, 11) is -1.38. The number of nitrogens with one attached hydrogen (secondary N) is 3. The lowest BCUT2D eigenvalue weighted by molar-refractivity contribution is 0.579. The van der Waals surface area contributed by atoms with Gasteiger partial charge in [0.2, 0.25) is 10.0 Å². The van der Waals surface area contributed by atoms with Crippen molar-refractivity contribution in [2.75, 3.05) is 25.9 Å². The largest absolute Gasteiger partial charge is 0.356 e. The lowest BCUT2D eigenvalue weighted by atomic mass is 10.1. The lowest BCUT2D eigenvalue weighted by Gasteiger charge is -2.14. The van der Waals surface area contributed by atoms with Crippen molar-refractivity contribution in [1.82, 2.24) is 15.4 Å². The van der Waals surface area contributed by atoms with Gasteiger partial charge in [0.1, 0.15) is 0 Å². The zero-order valence-electron chi connectivity index (χ0n) is 14.2. The molecule has 0 aliphatic carbocycles. The molecule has 0 aromatic heterocycles. The Morgan fingerprint density at radius 2 is 1.78 bits per heavy atom. The van der Waals surface area contributed by atoms with Crippen molar-refractivity contribution in [3.05, 3.63) is 35.4 Å². The number of nitrogens with zero attached hydrogens (tertiary/aromatic N) is 1. The summed E-state index contributed by atoms with van der Waals surface area (Å²) in [6.45, 7) is 5.57. The van der Waals surface area contributed by atoms with Gasteiger partial charge < -0.3 is 10.6 Å². The van der Waals surface area contributed by atoms with E-state index in [0.29, 0.717) is 32.0 Å². The second-order valence-corrected chi connectivity index (χ2v) is 7.22. The van der Waals surface area contributed by atoms with Crippen molar-refractivity contribution < 1.29 is 8.42 Å². The van der Waals surface area contributed by atoms with Crippen LogP contribution in [0.25, 0.3) is 0 Å². The number of aryl methyl sites for hydroxylation is 1. The maximum absolute atomic E-state index is 11.3. The second kappa shape index (κ2) is 10.2.